The smallest absolute Gasteiger partial charge is 0.270 e. The molecule has 0 spiro atoms. The fraction of sp³-hybridized carbons (Fsp3) is 0.160. The van der Waals surface area contributed by atoms with Crippen LogP contribution in [0.4, 0.5) is 5.69 Å². The van der Waals surface area contributed by atoms with E-state index in [1.807, 2.05) is 48.9 Å². The lowest BCUT2D eigenvalue weighted by Gasteiger charge is -2.30. The highest BCUT2D eigenvalue weighted by Gasteiger charge is 2.36. The number of carbonyl (C=O) groups excluding carboxylic acids is 2. The summed E-state index contributed by atoms with van der Waals surface area (Å²) in [6.07, 6.45) is 3.45. The second kappa shape index (κ2) is 8.91. The third kappa shape index (κ3) is 4.12. The molecule has 0 atom stereocenters. The lowest BCUT2D eigenvalue weighted by atomic mass is 10.1. The van der Waals surface area contributed by atoms with E-state index in [4.69, 9.17) is 21.7 Å². The Kier molecular flexibility index (Phi) is 6.02. The summed E-state index contributed by atoms with van der Waals surface area (Å²) in [5.74, 6) is -0.141. The summed E-state index contributed by atoms with van der Waals surface area (Å²) in [6.45, 7) is 4.09. The Morgan fingerprint density at radius 3 is 2.45 bits per heavy atom. The molecule has 8 heteroatoms. The predicted octanol–water partition coefficient (Wildman–Crippen LogP) is 3.94. The van der Waals surface area contributed by atoms with E-state index in [0.717, 1.165) is 11.3 Å². The highest BCUT2D eigenvalue weighted by molar-refractivity contribution is 7.80. The molecule has 1 aromatic heterocycles. The van der Waals surface area contributed by atoms with Crippen LogP contribution in [0.15, 0.2) is 60.3 Å². The van der Waals surface area contributed by atoms with Gasteiger partial charge in [0.1, 0.15) is 17.1 Å². The molecular formula is C25H23N3O4S. The van der Waals surface area contributed by atoms with Crippen LogP contribution in [-0.4, -0.2) is 35.7 Å². The van der Waals surface area contributed by atoms with Gasteiger partial charge in [-0.05, 0) is 79.7 Å². The average molecular weight is 462 g/mol. The van der Waals surface area contributed by atoms with E-state index in [-0.39, 0.29) is 10.7 Å². The van der Waals surface area contributed by atoms with Crippen molar-refractivity contribution in [2.45, 2.75) is 13.8 Å². The summed E-state index contributed by atoms with van der Waals surface area (Å²) in [5.41, 5.74) is 4.32. The zero-order valence-electron chi connectivity index (χ0n) is 18.7. The first kappa shape index (κ1) is 22.3. The van der Waals surface area contributed by atoms with Gasteiger partial charge in [0.15, 0.2) is 5.11 Å². The van der Waals surface area contributed by atoms with E-state index in [1.165, 1.54) is 24.7 Å². The molecule has 1 aliphatic heterocycles. The summed E-state index contributed by atoms with van der Waals surface area (Å²) in [6, 6.07) is 14.8. The van der Waals surface area contributed by atoms with Crippen LogP contribution in [0.1, 0.15) is 16.8 Å². The Morgan fingerprint density at radius 2 is 1.76 bits per heavy atom. The first-order valence-electron chi connectivity index (χ1n) is 10.2. The number of carbonyl (C=O) groups is 2. The van der Waals surface area contributed by atoms with Gasteiger partial charge in [-0.15, -0.1) is 0 Å². The highest BCUT2D eigenvalue weighted by atomic mass is 32.1. The molecular weight excluding hydrogens is 438 g/mol. The third-order valence-electron chi connectivity index (χ3n) is 5.57. The Balaban J connectivity index is 1.76. The predicted molar refractivity (Wildman–Crippen MR) is 131 cm³/mol. The molecule has 1 N–H and O–H groups in total. The minimum atomic E-state index is -0.554. The van der Waals surface area contributed by atoms with Crippen molar-refractivity contribution in [1.29, 1.82) is 0 Å². The SMILES string of the molecule is COc1ccc(N2C(=O)/C(=C/c3cccn3-c3ccc(C)c(C)c3)C(=O)NC2=S)c(OC)c1. The molecule has 168 valence electrons. The van der Waals surface area contributed by atoms with Gasteiger partial charge in [-0.25, -0.2) is 4.90 Å². The van der Waals surface area contributed by atoms with E-state index in [9.17, 15) is 9.59 Å². The lowest BCUT2D eigenvalue weighted by molar-refractivity contribution is -0.122. The molecule has 0 unspecified atom stereocenters. The molecule has 0 saturated carbocycles. The number of nitrogens with zero attached hydrogens (tertiary/aromatic N) is 2. The van der Waals surface area contributed by atoms with Gasteiger partial charge in [0.05, 0.1) is 19.9 Å². The molecule has 1 aliphatic rings. The van der Waals surface area contributed by atoms with Gasteiger partial charge in [0.25, 0.3) is 11.8 Å². The Bertz CT molecular complexity index is 1310. The molecule has 0 aliphatic carbocycles. The molecule has 2 aromatic carbocycles. The van der Waals surface area contributed by atoms with Gasteiger partial charge in [-0.2, -0.15) is 0 Å². The molecule has 33 heavy (non-hydrogen) atoms. The van der Waals surface area contributed by atoms with Crippen LogP contribution in [0.2, 0.25) is 0 Å². The number of anilines is 1. The molecule has 1 fully saturated rings. The number of hydrogen-bond acceptors (Lipinski definition) is 5. The Labute approximate surface area is 197 Å². The summed E-state index contributed by atoms with van der Waals surface area (Å²) in [7, 11) is 3.03. The van der Waals surface area contributed by atoms with Crippen LogP contribution in [-0.2, 0) is 9.59 Å². The standard InChI is InChI=1S/C25H23N3O4S/c1-15-7-8-18(12-16(15)2)27-11-5-6-17(27)13-20-23(29)26-25(33)28(24(20)30)21-10-9-19(31-3)14-22(21)32-4/h5-14H,1-4H3,(H,26,29,33)/b20-13+. The number of benzene rings is 2. The molecule has 2 heterocycles. The summed E-state index contributed by atoms with van der Waals surface area (Å²) in [4.78, 5) is 27.5. The van der Waals surface area contributed by atoms with Gasteiger partial charge in [0, 0.05) is 23.6 Å². The highest BCUT2D eigenvalue weighted by Crippen LogP contribution is 2.34. The number of rotatable bonds is 5. The maximum absolute atomic E-state index is 13.5. The zero-order chi connectivity index (χ0) is 23.7. The number of nitrogens with one attached hydrogen (secondary N) is 1. The number of aryl methyl sites for hydroxylation is 2. The van der Waals surface area contributed by atoms with Crippen molar-refractivity contribution in [3.8, 4) is 17.2 Å². The van der Waals surface area contributed by atoms with Crippen LogP contribution >= 0.6 is 12.2 Å². The van der Waals surface area contributed by atoms with E-state index < -0.39 is 11.8 Å². The van der Waals surface area contributed by atoms with Gasteiger partial charge in [-0.1, -0.05) is 6.07 Å². The summed E-state index contributed by atoms with van der Waals surface area (Å²) < 4.78 is 12.6. The Hall–Kier alpha value is -3.91. The van der Waals surface area contributed by atoms with Crippen molar-refractivity contribution in [1.82, 2.24) is 9.88 Å². The van der Waals surface area contributed by atoms with Gasteiger partial charge >= 0.3 is 0 Å². The second-order valence-corrected chi connectivity index (χ2v) is 7.95. The van der Waals surface area contributed by atoms with Crippen molar-refractivity contribution in [2.75, 3.05) is 19.1 Å². The first-order chi connectivity index (χ1) is 15.8. The van der Waals surface area contributed by atoms with Gasteiger partial charge in [-0.3, -0.25) is 14.9 Å². The average Bonchev–Trinajstić information content (AvgIpc) is 3.26. The first-order valence-corrected chi connectivity index (χ1v) is 10.6. The lowest BCUT2D eigenvalue weighted by Crippen LogP contribution is -2.54. The number of hydrogen-bond donors (Lipinski definition) is 1. The topological polar surface area (TPSA) is 72.8 Å². The largest absolute Gasteiger partial charge is 0.497 e. The van der Waals surface area contributed by atoms with Crippen molar-refractivity contribution in [2.24, 2.45) is 0 Å². The minimum absolute atomic E-state index is 0.0184. The summed E-state index contributed by atoms with van der Waals surface area (Å²) >= 11 is 5.32. The zero-order valence-corrected chi connectivity index (χ0v) is 19.5. The fourth-order valence-electron chi connectivity index (χ4n) is 3.62. The van der Waals surface area contributed by atoms with Crippen molar-refractivity contribution in [3.63, 3.8) is 0 Å². The third-order valence-corrected chi connectivity index (χ3v) is 5.86. The van der Waals surface area contributed by atoms with Crippen molar-refractivity contribution < 1.29 is 19.1 Å². The molecule has 4 rings (SSSR count). The molecule has 2 amide bonds. The monoisotopic (exact) mass is 461 g/mol. The van der Waals surface area contributed by atoms with E-state index in [2.05, 4.69) is 11.4 Å². The van der Waals surface area contributed by atoms with Crippen molar-refractivity contribution in [3.05, 3.63) is 77.1 Å². The normalized spacial score (nSPS) is 15.1. The molecule has 0 bridgehead atoms. The Morgan fingerprint density at radius 1 is 0.970 bits per heavy atom. The van der Waals surface area contributed by atoms with Crippen LogP contribution in [0.3, 0.4) is 0 Å². The van der Waals surface area contributed by atoms with Crippen LogP contribution in [0, 0.1) is 13.8 Å². The molecule has 0 radical (unpaired) electrons. The summed E-state index contributed by atoms with van der Waals surface area (Å²) in [5, 5.41) is 2.59. The van der Waals surface area contributed by atoms with Crippen LogP contribution in [0.25, 0.3) is 11.8 Å². The van der Waals surface area contributed by atoms with Gasteiger partial charge in [0.2, 0.25) is 0 Å². The van der Waals surface area contributed by atoms with E-state index >= 15 is 0 Å². The van der Waals surface area contributed by atoms with Crippen LogP contribution in [0.5, 0.6) is 11.5 Å². The van der Waals surface area contributed by atoms with Crippen LogP contribution < -0.4 is 19.7 Å². The number of aromatic nitrogens is 1. The number of ether oxygens (including phenoxy) is 2. The van der Waals surface area contributed by atoms with Crippen molar-refractivity contribution >= 4 is 40.9 Å². The molecule has 1 saturated heterocycles. The second-order valence-electron chi connectivity index (χ2n) is 7.57. The maximum atomic E-state index is 13.5. The molecule has 7 nitrogen and oxygen atoms in total. The number of thiocarbonyl (C=S) groups is 1. The minimum Gasteiger partial charge on any atom is -0.497 e. The maximum Gasteiger partial charge on any atom is 0.270 e. The molecule has 3 aromatic rings. The van der Waals surface area contributed by atoms with E-state index in [0.29, 0.717) is 22.9 Å². The number of amides is 2. The van der Waals surface area contributed by atoms with E-state index in [1.54, 1.807) is 24.3 Å². The van der Waals surface area contributed by atoms with Gasteiger partial charge < -0.3 is 14.0 Å². The quantitative estimate of drug-likeness (QED) is 0.354. The fourth-order valence-corrected chi connectivity index (χ4v) is 3.89. The number of methoxy groups -OCH3 is 2.